The van der Waals surface area contributed by atoms with E-state index in [1.165, 1.54) is 23.1 Å². The third-order valence-electron chi connectivity index (χ3n) is 7.88. The highest BCUT2D eigenvalue weighted by molar-refractivity contribution is 8.77. The lowest BCUT2D eigenvalue weighted by Crippen LogP contribution is -2.48. The molecule has 1 aliphatic heterocycles. The highest BCUT2D eigenvalue weighted by Gasteiger charge is 2.35. The van der Waals surface area contributed by atoms with Crippen LogP contribution in [0, 0.1) is 0 Å². The van der Waals surface area contributed by atoms with Crippen LogP contribution in [0.15, 0.2) is 70.4 Å². The van der Waals surface area contributed by atoms with E-state index in [-0.39, 0.29) is 41.6 Å². The molecule has 0 bridgehead atoms. The second-order valence-corrected chi connectivity index (χ2v) is 15.7. The molecule has 5 rings (SSSR count). The van der Waals surface area contributed by atoms with E-state index in [1.807, 2.05) is 36.4 Å². The first kappa shape index (κ1) is 35.5. The van der Waals surface area contributed by atoms with E-state index in [9.17, 15) is 29.4 Å². The number of carbonyl (C=O) groups excluding carboxylic acids is 2. The molecule has 2 amide bonds. The topological polar surface area (TPSA) is 172 Å². The van der Waals surface area contributed by atoms with E-state index in [0.717, 1.165) is 26.8 Å². The molecule has 2 heterocycles. The molecule has 4 atom stereocenters. The summed E-state index contributed by atoms with van der Waals surface area (Å²) in [5.74, 6) is -0.267. The summed E-state index contributed by atoms with van der Waals surface area (Å²) < 4.78 is 12.3. The van der Waals surface area contributed by atoms with Gasteiger partial charge in [-0.2, -0.15) is 0 Å². The Labute approximate surface area is 285 Å². The van der Waals surface area contributed by atoms with E-state index < -0.39 is 54.3 Å². The first-order valence-electron chi connectivity index (χ1n) is 15.6. The SMILES string of the molecule is CC(C)(C)SSC[C@H](NC(=O)OCC1c2ccccc2-c2ccccc21)C(=O)NC/C=C/c1cn([C@H]2C[C@H](O)[C@@H](CO)O2)c(=O)[nH]c1=O. The number of aliphatic hydroxyl groups is 2. The summed E-state index contributed by atoms with van der Waals surface area (Å²) in [5, 5.41) is 24.9. The molecule has 3 aromatic rings. The van der Waals surface area contributed by atoms with Crippen LogP contribution in [0.4, 0.5) is 4.79 Å². The molecule has 0 radical (unpaired) electrons. The monoisotopic (exact) mass is 696 g/mol. The van der Waals surface area contributed by atoms with Crippen molar-refractivity contribution in [2.24, 2.45) is 0 Å². The quantitative estimate of drug-likeness (QED) is 0.177. The van der Waals surface area contributed by atoms with Crippen molar-refractivity contribution in [2.45, 2.75) is 62.3 Å². The van der Waals surface area contributed by atoms with Crippen LogP contribution in [0.5, 0.6) is 0 Å². The number of nitrogens with one attached hydrogen (secondary N) is 3. The Morgan fingerprint density at radius 2 is 1.79 bits per heavy atom. The largest absolute Gasteiger partial charge is 0.449 e. The maximum Gasteiger partial charge on any atom is 0.407 e. The van der Waals surface area contributed by atoms with Gasteiger partial charge in [0.1, 0.15) is 25.0 Å². The number of carbonyl (C=O) groups is 2. The van der Waals surface area contributed by atoms with E-state index in [0.29, 0.717) is 0 Å². The molecule has 2 aromatic carbocycles. The lowest BCUT2D eigenvalue weighted by molar-refractivity contribution is -0.122. The van der Waals surface area contributed by atoms with Gasteiger partial charge in [0.15, 0.2) is 0 Å². The summed E-state index contributed by atoms with van der Waals surface area (Å²) in [7, 11) is 3.05. The molecule has 0 spiro atoms. The zero-order valence-corrected chi connectivity index (χ0v) is 28.5. The number of H-pyrrole nitrogens is 1. The van der Waals surface area contributed by atoms with Crippen molar-refractivity contribution in [3.8, 4) is 11.1 Å². The molecule has 0 saturated carbocycles. The molecule has 12 nitrogen and oxygen atoms in total. The first-order valence-corrected chi connectivity index (χ1v) is 17.9. The molecule has 1 aliphatic carbocycles. The van der Waals surface area contributed by atoms with Crippen LogP contribution < -0.4 is 21.9 Å². The lowest BCUT2D eigenvalue weighted by Gasteiger charge is -2.21. The Morgan fingerprint density at radius 3 is 2.42 bits per heavy atom. The Kier molecular flexibility index (Phi) is 11.5. The van der Waals surface area contributed by atoms with Crippen molar-refractivity contribution >= 4 is 39.7 Å². The van der Waals surface area contributed by atoms with Crippen molar-refractivity contribution in [2.75, 3.05) is 25.5 Å². The van der Waals surface area contributed by atoms with E-state index in [1.54, 1.807) is 16.9 Å². The van der Waals surface area contributed by atoms with Gasteiger partial charge in [-0.3, -0.25) is 19.1 Å². The number of benzene rings is 2. The predicted molar refractivity (Wildman–Crippen MR) is 187 cm³/mol. The van der Waals surface area contributed by atoms with Gasteiger partial charge in [0.05, 0.1) is 18.3 Å². The number of hydrogen-bond acceptors (Lipinski definition) is 10. The Hall–Kier alpha value is -3.82. The molecule has 14 heteroatoms. The van der Waals surface area contributed by atoms with Gasteiger partial charge in [-0.05, 0) is 22.3 Å². The van der Waals surface area contributed by atoms with E-state index >= 15 is 0 Å². The van der Waals surface area contributed by atoms with Gasteiger partial charge in [-0.25, -0.2) is 9.59 Å². The molecule has 1 fully saturated rings. The number of aromatic amines is 1. The van der Waals surface area contributed by atoms with Crippen LogP contribution in [0.3, 0.4) is 0 Å². The average molecular weight is 697 g/mol. The Bertz CT molecular complexity index is 1720. The van der Waals surface area contributed by atoms with Crippen LogP contribution in [-0.2, 0) is 14.3 Å². The molecule has 48 heavy (non-hydrogen) atoms. The van der Waals surface area contributed by atoms with Gasteiger partial charge < -0.3 is 30.3 Å². The molecule has 256 valence electrons. The third-order valence-corrected chi connectivity index (χ3v) is 11.2. The molecular weight excluding hydrogens is 657 g/mol. The molecule has 2 aliphatic rings. The smallest absolute Gasteiger partial charge is 0.407 e. The third kappa shape index (κ3) is 8.60. The fourth-order valence-electron chi connectivity index (χ4n) is 5.60. The number of hydrogen-bond donors (Lipinski definition) is 5. The molecule has 0 unspecified atom stereocenters. The van der Waals surface area contributed by atoms with E-state index in [2.05, 4.69) is 48.5 Å². The molecule has 1 aromatic heterocycles. The number of fused-ring (bicyclic) bond motifs is 3. The summed E-state index contributed by atoms with van der Waals surface area (Å²) in [4.78, 5) is 53.3. The fraction of sp³-hybridized carbons (Fsp3) is 0.412. The minimum absolute atomic E-state index is 0.0303. The van der Waals surface area contributed by atoms with Gasteiger partial charge in [-0.15, -0.1) is 0 Å². The maximum atomic E-state index is 13.3. The highest BCUT2D eigenvalue weighted by atomic mass is 33.1. The summed E-state index contributed by atoms with van der Waals surface area (Å²) in [6, 6.07) is 15.2. The zero-order chi connectivity index (χ0) is 34.4. The minimum Gasteiger partial charge on any atom is -0.449 e. The molecule has 1 saturated heterocycles. The van der Waals surface area contributed by atoms with Crippen LogP contribution in [-0.4, -0.2) is 80.3 Å². The Morgan fingerprint density at radius 1 is 1.12 bits per heavy atom. The van der Waals surface area contributed by atoms with Gasteiger partial charge >= 0.3 is 11.8 Å². The average Bonchev–Trinajstić information content (AvgIpc) is 3.58. The summed E-state index contributed by atoms with van der Waals surface area (Å²) in [5.41, 5.74) is 3.17. The number of ether oxygens (including phenoxy) is 2. The van der Waals surface area contributed by atoms with Gasteiger partial charge in [0.2, 0.25) is 5.91 Å². The fourth-order valence-corrected chi connectivity index (χ4v) is 8.06. The van der Waals surface area contributed by atoms with Crippen molar-refractivity contribution < 1.29 is 29.3 Å². The molecule has 5 N–H and O–H groups in total. The minimum atomic E-state index is -0.956. The number of alkyl carbamates (subject to hydrolysis) is 1. The zero-order valence-electron chi connectivity index (χ0n) is 26.9. The second kappa shape index (κ2) is 15.6. The summed E-state index contributed by atoms with van der Waals surface area (Å²) in [6.45, 7) is 5.90. The van der Waals surface area contributed by atoms with E-state index in [4.69, 9.17) is 9.47 Å². The highest BCUT2D eigenvalue weighted by Crippen LogP contribution is 2.44. The van der Waals surface area contributed by atoms with Crippen molar-refractivity contribution in [3.05, 3.63) is 98.3 Å². The maximum absolute atomic E-state index is 13.3. The predicted octanol–water partition coefficient (Wildman–Crippen LogP) is 3.39. The summed E-state index contributed by atoms with van der Waals surface area (Å²) >= 11 is 0. The van der Waals surface area contributed by atoms with Crippen molar-refractivity contribution in [1.29, 1.82) is 0 Å². The number of aromatic nitrogens is 2. The van der Waals surface area contributed by atoms with Gasteiger partial charge in [-0.1, -0.05) is 103 Å². The number of nitrogens with zero attached hydrogens (tertiary/aromatic N) is 1. The van der Waals surface area contributed by atoms with Crippen molar-refractivity contribution in [3.63, 3.8) is 0 Å². The number of aliphatic hydroxyl groups excluding tert-OH is 2. The number of rotatable bonds is 12. The number of amides is 2. The summed E-state index contributed by atoms with van der Waals surface area (Å²) in [6.07, 6.45) is 1.01. The molecular formula is C34H40N4O8S2. The lowest BCUT2D eigenvalue weighted by atomic mass is 9.98. The van der Waals surface area contributed by atoms with Crippen molar-refractivity contribution in [1.82, 2.24) is 20.2 Å². The van der Waals surface area contributed by atoms with Crippen LogP contribution in [0.1, 0.15) is 56.0 Å². The Balaban J connectivity index is 1.20. The van der Waals surface area contributed by atoms with Crippen LogP contribution in [0.2, 0.25) is 0 Å². The van der Waals surface area contributed by atoms with Crippen LogP contribution >= 0.6 is 21.6 Å². The normalized spacial score (nSPS) is 19.6. The first-order chi connectivity index (χ1) is 22.9. The van der Waals surface area contributed by atoms with Gasteiger partial charge in [0.25, 0.3) is 5.56 Å². The van der Waals surface area contributed by atoms with Crippen LogP contribution in [0.25, 0.3) is 17.2 Å². The van der Waals surface area contributed by atoms with Gasteiger partial charge in [0, 0.05) is 35.6 Å². The second-order valence-electron chi connectivity index (χ2n) is 12.5. The standard InChI is InChI=1S/C34H40N4O8S2/c1-34(2,3)48-47-19-26(36-33(44)45-18-25-23-12-6-4-10-21(23)22-11-5-7-13-24(22)25)31(42)35-14-8-9-20-16-38(32(43)37-30(20)41)29-15-27(40)28(17-39)46-29/h4-13,16,25-29,39-40H,14-15,17-19H2,1-3H3,(H,35,42)(H,36,44)(H,37,41,43)/b9-8+/t26-,27-,28+,29+/m0/s1.